The highest BCUT2D eigenvalue weighted by Crippen LogP contribution is 2.52. The number of fused-ring (bicyclic) bond motifs is 3. The molecular weight excluding hydrogens is 494 g/mol. The van der Waals surface area contributed by atoms with Gasteiger partial charge >= 0.3 is 0 Å². The summed E-state index contributed by atoms with van der Waals surface area (Å²) >= 11 is 0. The second-order valence-electron chi connectivity index (χ2n) is 10.7. The normalized spacial score (nSPS) is 24.9. The van der Waals surface area contributed by atoms with Gasteiger partial charge in [0.2, 0.25) is 5.78 Å². The molecule has 4 rings (SSSR count). The minimum atomic E-state index is -2.57. The fraction of sp³-hybridized carbons (Fsp3) is 0.519. The van der Waals surface area contributed by atoms with E-state index in [0.717, 1.165) is 11.3 Å². The van der Waals surface area contributed by atoms with Crippen LogP contribution in [0.25, 0.3) is 0 Å². The fourth-order valence-electron chi connectivity index (χ4n) is 6.02. The molecule has 206 valence electrons. The summed E-state index contributed by atoms with van der Waals surface area (Å²) in [7, 11) is 3.66. The number of allylic oxidation sites excluding steroid dienone is 2. The van der Waals surface area contributed by atoms with E-state index in [9.17, 15) is 34.8 Å². The Morgan fingerprint density at radius 2 is 1.92 bits per heavy atom. The highest BCUT2D eigenvalue weighted by Gasteiger charge is 2.59. The summed E-state index contributed by atoms with van der Waals surface area (Å²) in [4.78, 5) is 40.4. The highest BCUT2D eigenvalue weighted by atomic mass is 16.5. The number of ketones is 2. The molecule has 1 aromatic carbocycles. The molecule has 0 radical (unpaired) electrons. The van der Waals surface area contributed by atoms with E-state index in [1.165, 1.54) is 6.07 Å². The number of primary amides is 1. The Morgan fingerprint density at radius 1 is 1.24 bits per heavy atom. The van der Waals surface area contributed by atoms with Crippen LogP contribution in [0.15, 0.2) is 28.7 Å². The number of aliphatic hydroxyl groups excluding tert-OH is 2. The first-order valence-electron chi connectivity index (χ1n) is 12.6. The molecular formula is C27H35N3O8. The van der Waals surface area contributed by atoms with Crippen molar-refractivity contribution in [3.05, 3.63) is 45.4 Å². The molecule has 1 amide bonds. The lowest BCUT2D eigenvalue weighted by molar-refractivity contribution is -0.144. The number of rotatable bonds is 8. The quantitative estimate of drug-likeness (QED) is 0.211. The van der Waals surface area contributed by atoms with Crippen LogP contribution in [0.4, 0.5) is 5.69 Å². The number of nitrogens with one attached hydrogen (secondary N) is 1. The molecule has 0 saturated carbocycles. The van der Waals surface area contributed by atoms with Crippen molar-refractivity contribution < 1.29 is 39.5 Å². The molecule has 0 fully saturated rings. The third-order valence-electron chi connectivity index (χ3n) is 7.61. The van der Waals surface area contributed by atoms with Crippen LogP contribution in [0.5, 0.6) is 5.75 Å². The van der Waals surface area contributed by atoms with Gasteiger partial charge in [-0.1, -0.05) is 0 Å². The molecule has 3 aliphatic rings. The Morgan fingerprint density at radius 3 is 2.53 bits per heavy atom. The fourth-order valence-corrected chi connectivity index (χ4v) is 6.02. The Hall–Kier alpha value is -3.41. The van der Waals surface area contributed by atoms with Gasteiger partial charge in [-0.2, -0.15) is 0 Å². The van der Waals surface area contributed by atoms with Crippen LogP contribution in [-0.2, 0) is 27.3 Å². The summed E-state index contributed by atoms with van der Waals surface area (Å²) in [6, 6.07) is 1.50. The minimum Gasteiger partial charge on any atom is -0.511 e. The predicted molar refractivity (Wildman–Crippen MR) is 138 cm³/mol. The number of hydrogen-bond donors (Lipinski definition) is 6. The zero-order valence-electron chi connectivity index (χ0n) is 22.0. The van der Waals surface area contributed by atoms with E-state index in [4.69, 9.17) is 10.5 Å². The number of carbonyl (C=O) groups is 3. The summed E-state index contributed by atoms with van der Waals surface area (Å²) in [6.07, 6.45) is 0.188. The van der Waals surface area contributed by atoms with Crippen LogP contribution >= 0.6 is 0 Å². The Balaban J connectivity index is 1.76. The van der Waals surface area contributed by atoms with Crippen molar-refractivity contribution >= 4 is 23.2 Å². The number of Topliss-reactive ketones (excluding diaryl/α,β-unsaturated/α-hetero) is 2. The number of benzene rings is 1. The van der Waals surface area contributed by atoms with Crippen LogP contribution < -0.4 is 16.0 Å². The number of aliphatic hydroxyl groups is 3. The smallest absolute Gasteiger partial charge is 0.255 e. The zero-order valence-corrected chi connectivity index (χ0v) is 22.0. The largest absolute Gasteiger partial charge is 0.511 e. The second kappa shape index (κ2) is 10.0. The number of phenols is 1. The highest BCUT2D eigenvalue weighted by molar-refractivity contribution is 6.24. The Bertz CT molecular complexity index is 1270. The molecule has 3 atom stereocenters. The van der Waals surface area contributed by atoms with Gasteiger partial charge in [0.25, 0.3) is 5.91 Å². The van der Waals surface area contributed by atoms with Gasteiger partial charge < -0.3 is 41.1 Å². The second-order valence-corrected chi connectivity index (χ2v) is 10.7. The van der Waals surface area contributed by atoms with E-state index in [0.29, 0.717) is 25.3 Å². The average Bonchev–Trinajstić information content (AvgIpc) is 2.80. The van der Waals surface area contributed by atoms with Crippen LogP contribution in [0.1, 0.15) is 48.2 Å². The monoisotopic (exact) mass is 529 g/mol. The maximum absolute atomic E-state index is 13.7. The number of hydrogen-bond acceptors (Lipinski definition) is 10. The standard InChI is InChI=1S/C27H35N3O8/c1-12(2)38-6-5-29-11-14-9-17(31)20-16(22(14)30(3)4)8-13-7-15-10-18(32)21(26(28)36)25(35)27(15,37)24(34)19(13)23(20)33/h9,12-13,15,29,31-32,34,37H,5-8,10-11H2,1-4H3,(H2,28,36)/t13?,15-,27-/m0/s1. The molecule has 0 aromatic heterocycles. The molecule has 11 nitrogen and oxygen atoms in total. The third kappa shape index (κ3) is 4.34. The zero-order chi connectivity index (χ0) is 28.1. The van der Waals surface area contributed by atoms with Crippen LogP contribution in [0.2, 0.25) is 0 Å². The molecule has 11 heteroatoms. The molecule has 38 heavy (non-hydrogen) atoms. The van der Waals surface area contributed by atoms with E-state index in [1.807, 2.05) is 32.8 Å². The first kappa shape index (κ1) is 27.6. The van der Waals surface area contributed by atoms with Crippen molar-refractivity contribution in [1.29, 1.82) is 0 Å². The maximum atomic E-state index is 13.7. The number of aromatic hydroxyl groups is 1. The first-order valence-corrected chi connectivity index (χ1v) is 12.6. The Kier molecular flexibility index (Phi) is 7.30. The van der Waals surface area contributed by atoms with Crippen LogP contribution in [0.3, 0.4) is 0 Å². The number of phenolic OH excluding ortho intramolecular Hbond substituents is 1. The Labute approximate surface area is 220 Å². The molecule has 1 unspecified atom stereocenters. The number of anilines is 1. The molecule has 0 heterocycles. The molecule has 0 saturated heterocycles. The molecule has 7 N–H and O–H groups in total. The lowest BCUT2D eigenvalue weighted by atomic mass is 9.60. The topological polar surface area (TPSA) is 183 Å². The van der Waals surface area contributed by atoms with E-state index >= 15 is 0 Å². The van der Waals surface area contributed by atoms with Gasteiger partial charge in [0.05, 0.1) is 18.3 Å². The van der Waals surface area contributed by atoms with Gasteiger partial charge in [-0.3, -0.25) is 14.4 Å². The molecule has 1 aromatic rings. The summed E-state index contributed by atoms with van der Waals surface area (Å²) < 4.78 is 5.55. The van der Waals surface area contributed by atoms with Crippen molar-refractivity contribution in [2.45, 2.75) is 51.4 Å². The van der Waals surface area contributed by atoms with Gasteiger partial charge in [0.15, 0.2) is 11.4 Å². The van der Waals surface area contributed by atoms with Crippen molar-refractivity contribution in [2.24, 2.45) is 17.6 Å². The van der Waals surface area contributed by atoms with Gasteiger partial charge in [0.1, 0.15) is 22.8 Å². The lowest BCUT2D eigenvalue weighted by Gasteiger charge is -2.46. The average molecular weight is 530 g/mol. The van der Waals surface area contributed by atoms with E-state index < -0.39 is 52.0 Å². The molecule has 0 spiro atoms. The van der Waals surface area contributed by atoms with Gasteiger partial charge in [-0.05, 0) is 49.8 Å². The van der Waals surface area contributed by atoms with Crippen LogP contribution in [-0.4, -0.2) is 76.9 Å². The van der Waals surface area contributed by atoms with Gasteiger partial charge in [-0.15, -0.1) is 0 Å². The third-order valence-corrected chi connectivity index (χ3v) is 7.61. The van der Waals surface area contributed by atoms with E-state index in [1.54, 1.807) is 0 Å². The van der Waals surface area contributed by atoms with Crippen molar-refractivity contribution in [1.82, 2.24) is 5.32 Å². The van der Waals surface area contributed by atoms with Crippen molar-refractivity contribution in [3.8, 4) is 5.75 Å². The molecule has 3 aliphatic carbocycles. The van der Waals surface area contributed by atoms with Crippen molar-refractivity contribution in [2.75, 3.05) is 32.1 Å². The number of nitrogens with zero attached hydrogens (tertiary/aromatic N) is 1. The number of amides is 1. The number of ether oxygens (including phenoxy) is 1. The summed E-state index contributed by atoms with van der Waals surface area (Å²) in [5.74, 6) is -6.39. The molecule has 0 aliphatic heterocycles. The predicted octanol–water partition coefficient (Wildman–Crippen LogP) is 1.16. The SMILES string of the molecule is CC(C)OCCNCc1cc(O)c2c(c1N(C)C)CC1C[C@H]3CC(O)=C(C(N)=O)C(=O)[C@@]3(O)C(O)=C1C2=O. The lowest BCUT2D eigenvalue weighted by Crippen LogP contribution is -2.57. The summed E-state index contributed by atoms with van der Waals surface area (Å²) in [5.41, 5.74) is 3.82. The summed E-state index contributed by atoms with van der Waals surface area (Å²) in [5, 5.41) is 47.1. The number of nitrogens with two attached hydrogens (primary N) is 1. The van der Waals surface area contributed by atoms with E-state index in [2.05, 4.69) is 5.32 Å². The van der Waals surface area contributed by atoms with E-state index in [-0.39, 0.29) is 42.3 Å². The van der Waals surface area contributed by atoms with Gasteiger partial charge in [0, 0.05) is 50.8 Å². The first-order chi connectivity index (χ1) is 17.8. The van der Waals surface area contributed by atoms with Crippen molar-refractivity contribution in [3.63, 3.8) is 0 Å². The number of carbonyl (C=O) groups excluding carboxylic acids is 3. The van der Waals surface area contributed by atoms with Crippen LogP contribution in [0, 0.1) is 11.8 Å². The maximum Gasteiger partial charge on any atom is 0.255 e. The minimum absolute atomic E-state index is 0.00258. The van der Waals surface area contributed by atoms with Gasteiger partial charge in [-0.25, -0.2) is 0 Å². The molecule has 0 bridgehead atoms. The summed E-state index contributed by atoms with van der Waals surface area (Å²) in [6.45, 7) is 5.42.